The van der Waals surface area contributed by atoms with Crippen LogP contribution in [0.5, 0.6) is 0 Å². The fourth-order valence-corrected chi connectivity index (χ4v) is 1.60. The van der Waals surface area contributed by atoms with Crippen LogP contribution in [0.3, 0.4) is 0 Å². The maximum atomic E-state index is 11.8. The third kappa shape index (κ3) is 4.05. The van der Waals surface area contributed by atoms with E-state index < -0.39 is 0 Å². The summed E-state index contributed by atoms with van der Waals surface area (Å²) in [5, 5.41) is 0. The van der Waals surface area contributed by atoms with E-state index in [1.54, 1.807) is 48.5 Å². The molecule has 0 unspecified atom stereocenters. The topological polar surface area (TPSA) is 34.1 Å². The molecule has 0 aliphatic carbocycles. The second-order valence-electron chi connectivity index (χ2n) is 3.76. The van der Waals surface area contributed by atoms with Gasteiger partial charge in [0, 0.05) is 11.1 Å². The predicted molar refractivity (Wildman–Crippen MR) is 74.7 cm³/mol. The van der Waals surface area contributed by atoms with E-state index in [-0.39, 0.29) is 55.7 Å². The minimum atomic E-state index is -0.139. The first kappa shape index (κ1) is 15.1. The predicted octanol–water partition coefficient (Wildman–Crippen LogP) is 2.23. The van der Waals surface area contributed by atoms with Crippen LogP contribution in [0.25, 0.3) is 0 Å². The molecule has 0 radical (unpaired) electrons. The first-order valence-corrected chi connectivity index (χ1v) is 5.44. The van der Waals surface area contributed by atoms with Crippen molar-refractivity contribution in [2.45, 2.75) is 6.42 Å². The van der Waals surface area contributed by atoms with Gasteiger partial charge in [0.1, 0.15) is 0 Å². The van der Waals surface area contributed by atoms with E-state index in [2.05, 4.69) is 0 Å². The molecule has 0 bridgehead atoms. The summed E-state index contributed by atoms with van der Waals surface area (Å²) in [5.74, 6) is -0.279. The average Bonchev–Trinajstić information content (AvgIpc) is 2.40. The van der Waals surface area contributed by atoms with E-state index in [4.69, 9.17) is 0 Å². The normalized spacial score (nSPS) is 9.33. The van der Waals surface area contributed by atoms with Crippen LogP contribution in [0, 0.1) is 0 Å². The Bertz CT molecular complexity index is 471. The Kier molecular flexibility index (Phi) is 6.27. The van der Waals surface area contributed by atoms with Crippen LogP contribution in [0.1, 0.15) is 27.1 Å². The van der Waals surface area contributed by atoms with Crippen LogP contribution in [-0.4, -0.2) is 49.3 Å². The van der Waals surface area contributed by atoms with Crippen LogP contribution in [0.2, 0.25) is 0 Å². The van der Waals surface area contributed by atoms with Gasteiger partial charge in [-0.1, -0.05) is 60.7 Å². The van der Waals surface area contributed by atoms with Crippen molar-refractivity contribution in [2.75, 3.05) is 0 Å². The molecule has 0 aliphatic rings. The van der Waals surface area contributed by atoms with Gasteiger partial charge >= 0.3 is 37.7 Å². The zero-order valence-electron chi connectivity index (χ0n) is 9.30. The summed E-state index contributed by atoms with van der Waals surface area (Å²) in [6.45, 7) is 0. The molecule has 0 atom stereocenters. The maximum absolute atomic E-state index is 11.8. The molecule has 0 aliphatic heterocycles. The summed E-state index contributed by atoms with van der Waals surface area (Å²) in [6, 6.07) is 17.7. The van der Waals surface area contributed by atoms with Gasteiger partial charge in [0.15, 0.2) is 11.6 Å². The van der Waals surface area contributed by atoms with Crippen molar-refractivity contribution < 1.29 is 9.59 Å². The number of carbonyl (C=O) groups excluding carboxylic acids is 2. The number of Topliss-reactive ketones (excluding diaryl/α,β-unsaturated/α-hetero) is 2. The Hall–Kier alpha value is -0.960. The van der Waals surface area contributed by atoms with Crippen molar-refractivity contribution in [1.29, 1.82) is 0 Å². The molecule has 0 saturated heterocycles. The van der Waals surface area contributed by atoms with Crippen LogP contribution >= 0.6 is 0 Å². The number of rotatable bonds is 4. The molecule has 88 valence electrons. The van der Waals surface area contributed by atoms with E-state index in [0.717, 1.165) is 0 Å². The second kappa shape index (κ2) is 7.47. The summed E-state index contributed by atoms with van der Waals surface area (Å²) in [6.07, 6.45) is -0.0754. The molecule has 0 amide bonds. The van der Waals surface area contributed by atoms with Crippen molar-refractivity contribution in [2.24, 2.45) is 0 Å². The van der Waals surface area contributed by atoms with Gasteiger partial charge in [0.2, 0.25) is 0 Å². The first-order valence-electron chi connectivity index (χ1n) is 5.44. The van der Waals surface area contributed by atoms with Gasteiger partial charge in [-0.25, -0.2) is 0 Å². The van der Waals surface area contributed by atoms with Gasteiger partial charge < -0.3 is 0 Å². The fraction of sp³-hybridized carbons (Fsp3) is 0.0667. The number of benzene rings is 2. The molecule has 0 N–H and O–H groups in total. The Balaban J connectivity index is 0.00000162. The molecule has 3 heteroatoms. The van der Waals surface area contributed by atoms with E-state index in [0.29, 0.717) is 11.1 Å². The Labute approximate surface area is 136 Å². The van der Waals surface area contributed by atoms with Gasteiger partial charge in [-0.2, -0.15) is 0 Å². The van der Waals surface area contributed by atoms with Gasteiger partial charge in [-0.15, -0.1) is 0 Å². The molecule has 0 saturated carbocycles. The van der Waals surface area contributed by atoms with Crippen molar-refractivity contribution in [3.05, 3.63) is 71.8 Å². The van der Waals surface area contributed by atoms with E-state index in [1.807, 2.05) is 12.1 Å². The molecule has 2 nitrogen and oxygen atoms in total. The van der Waals surface area contributed by atoms with Crippen LogP contribution in [-0.2, 0) is 0 Å². The standard InChI is InChI=1S/C15H12O2.Ca.2H/c16-14(12-7-3-1-4-8-12)11-15(17)13-9-5-2-6-10-13;;;/h1-10H,11H2;;;. The molecule has 18 heavy (non-hydrogen) atoms. The summed E-state index contributed by atoms with van der Waals surface area (Å²) in [5.41, 5.74) is 1.16. The van der Waals surface area contributed by atoms with Gasteiger partial charge in [0.25, 0.3) is 0 Å². The summed E-state index contributed by atoms with van der Waals surface area (Å²) >= 11 is 0. The Morgan fingerprint density at radius 3 is 1.33 bits per heavy atom. The molecule has 2 rings (SSSR count). The molecule has 0 fully saturated rings. The van der Waals surface area contributed by atoms with Crippen LogP contribution < -0.4 is 0 Å². The van der Waals surface area contributed by atoms with Crippen molar-refractivity contribution in [3.63, 3.8) is 0 Å². The second-order valence-corrected chi connectivity index (χ2v) is 3.76. The average molecular weight is 266 g/mol. The van der Waals surface area contributed by atoms with Gasteiger partial charge in [0.05, 0.1) is 6.42 Å². The summed E-state index contributed by atoms with van der Waals surface area (Å²) in [7, 11) is 0. The third-order valence-corrected chi connectivity index (χ3v) is 2.51. The number of hydrogen-bond acceptors (Lipinski definition) is 2. The Morgan fingerprint density at radius 2 is 1.00 bits per heavy atom. The molecular weight excluding hydrogens is 252 g/mol. The Morgan fingerprint density at radius 1 is 0.667 bits per heavy atom. The number of carbonyl (C=O) groups is 2. The summed E-state index contributed by atoms with van der Waals surface area (Å²) in [4.78, 5) is 23.6. The van der Waals surface area contributed by atoms with Gasteiger partial charge in [-0.05, 0) is 0 Å². The van der Waals surface area contributed by atoms with Crippen molar-refractivity contribution >= 4 is 49.3 Å². The SMILES string of the molecule is O=C(CC(=O)c1ccccc1)c1ccccc1.[CaH2]. The number of ketones is 2. The number of hydrogen-bond donors (Lipinski definition) is 0. The zero-order valence-corrected chi connectivity index (χ0v) is 9.30. The summed E-state index contributed by atoms with van der Waals surface area (Å²) < 4.78 is 0. The van der Waals surface area contributed by atoms with E-state index in [1.165, 1.54) is 0 Å². The van der Waals surface area contributed by atoms with E-state index in [9.17, 15) is 9.59 Å². The molecule has 0 heterocycles. The molecule has 0 spiro atoms. The third-order valence-electron chi connectivity index (χ3n) is 2.51. The zero-order chi connectivity index (χ0) is 12.1. The van der Waals surface area contributed by atoms with Crippen molar-refractivity contribution in [3.8, 4) is 0 Å². The van der Waals surface area contributed by atoms with E-state index >= 15 is 0 Å². The van der Waals surface area contributed by atoms with Crippen LogP contribution in [0.4, 0.5) is 0 Å². The molecule has 2 aromatic rings. The molecule has 2 aromatic carbocycles. The molecule has 0 aromatic heterocycles. The van der Waals surface area contributed by atoms with Crippen molar-refractivity contribution in [1.82, 2.24) is 0 Å². The monoisotopic (exact) mass is 266 g/mol. The first-order chi connectivity index (χ1) is 8.27. The molecular formula is C15H14CaO2. The quantitative estimate of drug-likeness (QED) is 0.483. The van der Waals surface area contributed by atoms with Crippen LogP contribution in [0.15, 0.2) is 60.7 Å². The van der Waals surface area contributed by atoms with Gasteiger partial charge in [-0.3, -0.25) is 9.59 Å². The fourth-order valence-electron chi connectivity index (χ4n) is 1.60. The minimum absolute atomic E-state index is 0.